The number of rotatable bonds is 5. The standard InChI is InChI=1S/C19H16Cl2FN3O/c1-11(2-3-13(8-23)14-6-15(22)10-24-9-14)18-19(25(18)26)12-4-5-16(20)17(21)7-12/h2-10,18-19,26H,1,23H2/b3-2-,13-8+/t18-,19+,25?/m1/s1. The van der Waals surface area contributed by atoms with Gasteiger partial charge in [-0.2, -0.15) is 5.06 Å². The van der Waals surface area contributed by atoms with Gasteiger partial charge in [-0.3, -0.25) is 4.98 Å². The molecule has 3 atom stereocenters. The van der Waals surface area contributed by atoms with Crippen LogP contribution in [0.3, 0.4) is 0 Å². The number of allylic oxidation sites excluding steroid dienone is 2. The molecule has 0 spiro atoms. The van der Waals surface area contributed by atoms with Gasteiger partial charge in [0.15, 0.2) is 0 Å². The SMILES string of the molecule is C=C(/C=C\C(=C/N)c1cncc(F)c1)[C@@H]1[C@H](c2ccc(Cl)c(Cl)c2)N1O. The monoisotopic (exact) mass is 391 g/mol. The molecule has 1 aromatic heterocycles. The van der Waals surface area contributed by atoms with E-state index < -0.39 is 5.82 Å². The Labute approximate surface area is 160 Å². The molecule has 4 nitrogen and oxygen atoms in total. The van der Waals surface area contributed by atoms with Crippen molar-refractivity contribution in [1.82, 2.24) is 10.0 Å². The molecule has 1 saturated heterocycles. The Morgan fingerprint density at radius 3 is 2.65 bits per heavy atom. The minimum absolute atomic E-state index is 0.247. The Morgan fingerprint density at radius 2 is 2.00 bits per heavy atom. The Bertz CT molecular complexity index is 913. The molecule has 0 radical (unpaired) electrons. The molecule has 3 rings (SSSR count). The highest BCUT2D eigenvalue weighted by molar-refractivity contribution is 6.42. The summed E-state index contributed by atoms with van der Waals surface area (Å²) in [5.74, 6) is -0.447. The third kappa shape index (κ3) is 3.81. The number of benzene rings is 1. The van der Waals surface area contributed by atoms with Crippen molar-refractivity contribution < 1.29 is 9.60 Å². The Balaban J connectivity index is 1.73. The van der Waals surface area contributed by atoms with Crippen LogP contribution < -0.4 is 5.73 Å². The van der Waals surface area contributed by atoms with E-state index in [0.717, 1.165) is 11.8 Å². The number of pyridine rings is 1. The lowest BCUT2D eigenvalue weighted by atomic mass is 10.0. The van der Waals surface area contributed by atoms with Gasteiger partial charge in [0.05, 0.1) is 28.3 Å². The Morgan fingerprint density at radius 1 is 1.23 bits per heavy atom. The summed E-state index contributed by atoms with van der Waals surface area (Å²) in [5, 5.41) is 12.2. The molecule has 1 unspecified atom stereocenters. The van der Waals surface area contributed by atoms with E-state index in [1.165, 1.54) is 23.5 Å². The van der Waals surface area contributed by atoms with Gasteiger partial charge in [-0.15, -0.1) is 0 Å². The molecule has 0 aliphatic carbocycles. The quantitative estimate of drug-likeness (QED) is 0.569. The zero-order valence-corrected chi connectivity index (χ0v) is 15.1. The van der Waals surface area contributed by atoms with Gasteiger partial charge in [0.1, 0.15) is 5.82 Å². The third-order valence-electron chi connectivity index (χ3n) is 4.14. The van der Waals surface area contributed by atoms with E-state index in [0.29, 0.717) is 26.8 Å². The van der Waals surface area contributed by atoms with Gasteiger partial charge in [-0.25, -0.2) is 4.39 Å². The average molecular weight is 392 g/mol. The summed E-state index contributed by atoms with van der Waals surface area (Å²) in [6.07, 6.45) is 7.44. The van der Waals surface area contributed by atoms with E-state index in [2.05, 4.69) is 11.6 Å². The predicted octanol–water partition coefficient (Wildman–Crippen LogP) is 4.75. The van der Waals surface area contributed by atoms with Crippen molar-refractivity contribution in [1.29, 1.82) is 0 Å². The van der Waals surface area contributed by atoms with Gasteiger partial charge in [0, 0.05) is 18.0 Å². The molecule has 2 aromatic rings. The lowest BCUT2D eigenvalue weighted by Crippen LogP contribution is -1.96. The molecule has 0 bridgehead atoms. The molecule has 1 fully saturated rings. The molecule has 7 heteroatoms. The molecular weight excluding hydrogens is 376 g/mol. The molecule has 3 N–H and O–H groups in total. The van der Waals surface area contributed by atoms with Crippen LogP contribution in [0.2, 0.25) is 10.0 Å². The maximum atomic E-state index is 13.3. The van der Waals surface area contributed by atoms with E-state index in [4.69, 9.17) is 28.9 Å². The predicted molar refractivity (Wildman–Crippen MR) is 101 cm³/mol. The van der Waals surface area contributed by atoms with Crippen molar-refractivity contribution in [3.05, 3.63) is 94.2 Å². The number of hydrogen-bond donors (Lipinski definition) is 2. The van der Waals surface area contributed by atoms with Crippen LogP contribution in [0.25, 0.3) is 5.57 Å². The molecule has 1 aliphatic rings. The van der Waals surface area contributed by atoms with Gasteiger partial charge >= 0.3 is 0 Å². The summed E-state index contributed by atoms with van der Waals surface area (Å²) in [7, 11) is 0. The number of nitrogens with two attached hydrogens (primary N) is 1. The van der Waals surface area contributed by atoms with Gasteiger partial charge < -0.3 is 10.9 Å². The number of hydrogen-bond acceptors (Lipinski definition) is 4. The lowest BCUT2D eigenvalue weighted by Gasteiger charge is -2.03. The van der Waals surface area contributed by atoms with Gasteiger partial charge in [-0.05, 0) is 34.9 Å². The number of hydroxylamine groups is 2. The first-order chi connectivity index (χ1) is 12.4. The maximum Gasteiger partial charge on any atom is 0.142 e. The molecular formula is C19H16Cl2FN3O. The van der Waals surface area contributed by atoms with Crippen molar-refractivity contribution in [3.63, 3.8) is 0 Å². The fourth-order valence-corrected chi connectivity index (χ4v) is 3.04. The molecule has 134 valence electrons. The normalized spacial score (nSPS) is 22.6. The van der Waals surface area contributed by atoms with Crippen molar-refractivity contribution in [2.45, 2.75) is 12.1 Å². The van der Waals surface area contributed by atoms with Gasteiger partial charge in [-0.1, -0.05) is 48.0 Å². The Kier molecular flexibility index (Phi) is 5.44. The summed E-state index contributed by atoms with van der Waals surface area (Å²) in [6, 6.07) is 6.03. The largest absolute Gasteiger partial charge is 0.404 e. The van der Waals surface area contributed by atoms with Crippen LogP contribution in [0.15, 0.2) is 67.2 Å². The minimum atomic E-state index is -0.447. The van der Waals surface area contributed by atoms with E-state index in [1.807, 2.05) is 6.07 Å². The summed E-state index contributed by atoms with van der Waals surface area (Å²) >= 11 is 12.0. The van der Waals surface area contributed by atoms with Crippen molar-refractivity contribution in [3.8, 4) is 0 Å². The zero-order chi connectivity index (χ0) is 18.8. The molecule has 0 saturated carbocycles. The summed E-state index contributed by atoms with van der Waals surface area (Å²) < 4.78 is 13.3. The first kappa shape index (κ1) is 18.6. The second-order valence-corrected chi connectivity index (χ2v) is 6.68. The Hall–Kier alpha value is -2.18. The maximum absolute atomic E-state index is 13.3. The third-order valence-corrected chi connectivity index (χ3v) is 4.88. The van der Waals surface area contributed by atoms with Crippen LogP contribution in [0.1, 0.15) is 17.2 Å². The fraction of sp³-hybridized carbons (Fsp3) is 0.105. The van der Waals surface area contributed by atoms with E-state index >= 15 is 0 Å². The minimum Gasteiger partial charge on any atom is -0.404 e. The number of nitrogens with zero attached hydrogens (tertiary/aromatic N) is 2. The molecule has 0 amide bonds. The van der Waals surface area contributed by atoms with Crippen LogP contribution in [0, 0.1) is 5.82 Å². The number of halogens is 3. The summed E-state index contributed by atoms with van der Waals surface area (Å²) in [5.41, 5.74) is 8.28. The van der Waals surface area contributed by atoms with Crippen LogP contribution >= 0.6 is 23.2 Å². The second-order valence-electron chi connectivity index (χ2n) is 5.87. The van der Waals surface area contributed by atoms with Crippen molar-refractivity contribution in [2.24, 2.45) is 5.73 Å². The molecule has 1 aliphatic heterocycles. The van der Waals surface area contributed by atoms with Crippen LogP contribution in [-0.2, 0) is 0 Å². The van der Waals surface area contributed by atoms with E-state index in [-0.39, 0.29) is 12.1 Å². The van der Waals surface area contributed by atoms with Crippen molar-refractivity contribution in [2.75, 3.05) is 0 Å². The molecule has 26 heavy (non-hydrogen) atoms. The van der Waals surface area contributed by atoms with Gasteiger partial charge in [0.25, 0.3) is 0 Å². The highest BCUT2D eigenvalue weighted by Crippen LogP contribution is 2.46. The van der Waals surface area contributed by atoms with Crippen LogP contribution in [0.4, 0.5) is 4.39 Å². The first-order valence-corrected chi connectivity index (χ1v) is 8.50. The van der Waals surface area contributed by atoms with Gasteiger partial charge in [0.2, 0.25) is 0 Å². The second kappa shape index (κ2) is 7.60. The topological polar surface area (TPSA) is 62.1 Å². The first-order valence-electron chi connectivity index (χ1n) is 7.74. The van der Waals surface area contributed by atoms with Crippen LogP contribution in [0.5, 0.6) is 0 Å². The zero-order valence-electron chi connectivity index (χ0n) is 13.6. The van der Waals surface area contributed by atoms with Crippen LogP contribution in [-0.4, -0.2) is 21.3 Å². The lowest BCUT2D eigenvalue weighted by molar-refractivity contribution is 0.00946. The van der Waals surface area contributed by atoms with Crippen molar-refractivity contribution >= 4 is 28.8 Å². The summed E-state index contributed by atoms with van der Waals surface area (Å²) in [6.45, 7) is 4.00. The highest BCUT2D eigenvalue weighted by Gasteiger charge is 2.49. The van der Waals surface area contributed by atoms with E-state index in [1.54, 1.807) is 24.3 Å². The smallest absolute Gasteiger partial charge is 0.142 e. The fourth-order valence-electron chi connectivity index (χ4n) is 2.74. The van der Waals surface area contributed by atoms with E-state index in [9.17, 15) is 9.60 Å². The highest BCUT2D eigenvalue weighted by atomic mass is 35.5. The average Bonchev–Trinajstić information content (AvgIpc) is 3.29. The molecule has 1 aromatic carbocycles. The number of aromatic nitrogens is 1. The molecule has 2 heterocycles. The summed E-state index contributed by atoms with van der Waals surface area (Å²) in [4.78, 5) is 3.81.